The fourth-order valence-corrected chi connectivity index (χ4v) is 6.28. The lowest BCUT2D eigenvalue weighted by molar-refractivity contribution is 0.00646. The van der Waals surface area contributed by atoms with Crippen molar-refractivity contribution in [1.82, 2.24) is 14.9 Å². The van der Waals surface area contributed by atoms with Gasteiger partial charge < -0.3 is 25.2 Å². The van der Waals surface area contributed by atoms with Crippen LogP contribution in [-0.2, 0) is 0 Å². The van der Waals surface area contributed by atoms with E-state index in [9.17, 15) is 9.90 Å². The standard InChI is InChI=1S/C30H39N5O2/c1-30(2,37)23-12-17-35(18-13-23)26-19-22-9-14-31-29(36)27(22)28(33-26)32-24-5-3-20(4-6-24)21-10-15-34(16-11-21)25-7-8-25/h3-6,9,14,19,21,23,25,37H,7-8,10-13,15-18H2,1-2H3,(H,31,36)(H,32,33). The Morgan fingerprint density at radius 2 is 1.68 bits per heavy atom. The predicted octanol–water partition coefficient (Wildman–Crippen LogP) is 5.00. The van der Waals surface area contributed by atoms with Crippen molar-refractivity contribution in [1.29, 1.82) is 0 Å². The smallest absolute Gasteiger partial charge is 0.259 e. The number of nitrogens with zero attached hydrogens (tertiary/aromatic N) is 3. The number of hydrogen-bond acceptors (Lipinski definition) is 6. The van der Waals surface area contributed by atoms with Crippen molar-refractivity contribution in [2.75, 3.05) is 36.4 Å². The van der Waals surface area contributed by atoms with Crippen molar-refractivity contribution in [3.8, 4) is 0 Å². The van der Waals surface area contributed by atoms with E-state index in [1.807, 2.05) is 26.0 Å². The molecule has 196 valence electrons. The molecule has 0 amide bonds. The lowest BCUT2D eigenvalue weighted by Gasteiger charge is -2.38. The van der Waals surface area contributed by atoms with E-state index in [0.717, 1.165) is 48.9 Å². The molecule has 6 rings (SSSR count). The largest absolute Gasteiger partial charge is 0.390 e. The first kappa shape index (κ1) is 24.4. The van der Waals surface area contributed by atoms with E-state index in [-0.39, 0.29) is 11.5 Å². The van der Waals surface area contributed by atoms with E-state index in [1.165, 1.54) is 44.3 Å². The maximum atomic E-state index is 12.8. The maximum absolute atomic E-state index is 12.8. The quantitative estimate of drug-likeness (QED) is 0.441. The van der Waals surface area contributed by atoms with Crippen molar-refractivity contribution >= 4 is 28.1 Å². The van der Waals surface area contributed by atoms with Gasteiger partial charge in [-0.3, -0.25) is 4.79 Å². The Morgan fingerprint density at radius 3 is 2.32 bits per heavy atom. The Morgan fingerprint density at radius 1 is 0.973 bits per heavy atom. The normalized spacial score (nSPS) is 20.5. The highest BCUT2D eigenvalue weighted by molar-refractivity contribution is 5.94. The lowest BCUT2D eigenvalue weighted by atomic mass is 9.83. The molecule has 3 fully saturated rings. The minimum atomic E-state index is -0.663. The Bertz CT molecular complexity index is 1290. The molecule has 1 aliphatic carbocycles. The van der Waals surface area contributed by atoms with Gasteiger partial charge in [0.1, 0.15) is 11.6 Å². The highest BCUT2D eigenvalue weighted by atomic mass is 16.3. The number of fused-ring (bicyclic) bond motifs is 1. The highest BCUT2D eigenvalue weighted by Gasteiger charge is 2.32. The Hall–Kier alpha value is -2.90. The minimum absolute atomic E-state index is 0.140. The SMILES string of the molecule is CC(C)(O)C1CCN(c2cc3cc[nH]c(=O)c3c(Nc3ccc(C4CCN(C5CC5)CC4)cc3)n2)CC1. The van der Waals surface area contributed by atoms with Crippen LogP contribution >= 0.6 is 0 Å². The van der Waals surface area contributed by atoms with E-state index in [4.69, 9.17) is 4.98 Å². The molecule has 37 heavy (non-hydrogen) atoms. The fourth-order valence-electron chi connectivity index (χ4n) is 6.28. The third-order valence-electron chi connectivity index (χ3n) is 8.80. The van der Waals surface area contributed by atoms with Crippen LogP contribution in [0.3, 0.4) is 0 Å². The number of nitrogens with one attached hydrogen (secondary N) is 2. The fraction of sp³-hybridized carbons (Fsp3) is 0.533. The molecule has 3 aliphatic rings. The first-order valence-corrected chi connectivity index (χ1v) is 14.0. The van der Waals surface area contributed by atoms with Gasteiger partial charge in [0.05, 0.1) is 11.0 Å². The lowest BCUT2D eigenvalue weighted by Crippen LogP contribution is -2.42. The number of likely N-dealkylation sites (tertiary alicyclic amines) is 1. The summed E-state index contributed by atoms with van der Waals surface area (Å²) in [5.74, 6) is 2.36. The molecule has 1 aromatic carbocycles. The number of aromatic nitrogens is 2. The van der Waals surface area contributed by atoms with E-state index in [2.05, 4.69) is 44.4 Å². The molecule has 0 bridgehead atoms. The third kappa shape index (κ3) is 5.25. The second-order valence-electron chi connectivity index (χ2n) is 11.8. The highest BCUT2D eigenvalue weighted by Crippen LogP contribution is 2.36. The topological polar surface area (TPSA) is 84.5 Å². The molecule has 0 radical (unpaired) electrons. The molecule has 3 aromatic rings. The minimum Gasteiger partial charge on any atom is -0.390 e. The van der Waals surface area contributed by atoms with Crippen LogP contribution in [0.15, 0.2) is 47.4 Å². The van der Waals surface area contributed by atoms with Gasteiger partial charge in [0, 0.05) is 31.0 Å². The van der Waals surface area contributed by atoms with Gasteiger partial charge in [0.15, 0.2) is 0 Å². The molecular formula is C30H39N5O2. The maximum Gasteiger partial charge on any atom is 0.259 e. The van der Waals surface area contributed by atoms with Gasteiger partial charge in [-0.2, -0.15) is 0 Å². The van der Waals surface area contributed by atoms with Gasteiger partial charge in [-0.05, 0) is 113 Å². The molecule has 7 heteroatoms. The first-order chi connectivity index (χ1) is 17.8. The number of H-pyrrole nitrogens is 1. The second-order valence-corrected chi connectivity index (χ2v) is 11.8. The van der Waals surface area contributed by atoms with Crippen molar-refractivity contribution in [3.63, 3.8) is 0 Å². The number of rotatable bonds is 6. The van der Waals surface area contributed by atoms with Crippen molar-refractivity contribution in [3.05, 3.63) is 58.5 Å². The van der Waals surface area contributed by atoms with Crippen molar-refractivity contribution in [2.45, 2.75) is 69.9 Å². The Kier molecular flexibility index (Phi) is 6.45. The van der Waals surface area contributed by atoms with Crippen LogP contribution < -0.4 is 15.8 Å². The molecule has 4 heterocycles. The predicted molar refractivity (Wildman–Crippen MR) is 150 cm³/mol. The third-order valence-corrected chi connectivity index (χ3v) is 8.80. The number of hydrogen-bond donors (Lipinski definition) is 3. The number of aliphatic hydroxyl groups is 1. The van der Waals surface area contributed by atoms with Crippen LogP contribution in [0.5, 0.6) is 0 Å². The zero-order valence-electron chi connectivity index (χ0n) is 22.0. The summed E-state index contributed by atoms with van der Waals surface area (Å²) in [6.45, 7) is 7.91. The molecule has 0 atom stereocenters. The van der Waals surface area contributed by atoms with Gasteiger partial charge in [-0.1, -0.05) is 12.1 Å². The zero-order valence-corrected chi connectivity index (χ0v) is 22.0. The summed E-state index contributed by atoms with van der Waals surface area (Å²) in [4.78, 5) is 25.5. The molecule has 0 unspecified atom stereocenters. The van der Waals surface area contributed by atoms with Crippen LogP contribution in [-0.4, -0.2) is 57.8 Å². The monoisotopic (exact) mass is 501 g/mol. The molecule has 1 saturated carbocycles. The zero-order chi connectivity index (χ0) is 25.6. The molecule has 2 aliphatic heterocycles. The van der Waals surface area contributed by atoms with Crippen LogP contribution in [0.25, 0.3) is 10.8 Å². The Balaban J connectivity index is 1.21. The van der Waals surface area contributed by atoms with Gasteiger partial charge in [0.25, 0.3) is 5.56 Å². The molecular weight excluding hydrogens is 462 g/mol. The number of benzene rings is 1. The second kappa shape index (κ2) is 9.76. The number of aromatic amines is 1. The molecule has 3 N–H and O–H groups in total. The van der Waals surface area contributed by atoms with Crippen LogP contribution in [0.2, 0.25) is 0 Å². The van der Waals surface area contributed by atoms with Crippen molar-refractivity contribution < 1.29 is 5.11 Å². The van der Waals surface area contributed by atoms with E-state index in [0.29, 0.717) is 17.1 Å². The van der Waals surface area contributed by atoms with Crippen molar-refractivity contribution in [2.24, 2.45) is 5.92 Å². The molecule has 0 spiro atoms. The molecule has 2 aromatic heterocycles. The average Bonchev–Trinajstić information content (AvgIpc) is 3.75. The van der Waals surface area contributed by atoms with E-state index < -0.39 is 5.60 Å². The first-order valence-electron chi connectivity index (χ1n) is 14.0. The van der Waals surface area contributed by atoms with Gasteiger partial charge in [0.2, 0.25) is 0 Å². The summed E-state index contributed by atoms with van der Waals surface area (Å²) in [5, 5.41) is 15.3. The van der Waals surface area contributed by atoms with Crippen LogP contribution in [0, 0.1) is 5.92 Å². The van der Waals surface area contributed by atoms with Gasteiger partial charge in [-0.25, -0.2) is 4.98 Å². The average molecular weight is 502 g/mol. The summed E-state index contributed by atoms with van der Waals surface area (Å²) in [5.41, 5.74) is 1.54. The Labute approximate surface area is 218 Å². The van der Waals surface area contributed by atoms with Gasteiger partial charge in [-0.15, -0.1) is 0 Å². The molecule has 7 nitrogen and oxygen atoms in total. The van der Waals surface area contributed by atoms with E-state index >= 15 is 0 Å². The van der Waals surface area contributed by atoms with Gasteiger partial charge >= 0.3 is 0 Å². The van der Waals surface area contributed by atoms with Crippen LogP contribution in [0.4, 0.5) is 17.3 Å². The summed E-state index contributed by atoms with van der Waals surface area (Å²) < 4.78 is 0. The molecule has 2 saturated heterocycles. The summed E-state index contributed by atoms with van der Waals surface area (Å²) in [6.07, 6.45) is 8.77. The summed E-state index contributed by atoms with van der Waals surface area (Å²) >= 11 is 0. The number of anilines is 3. The summed E-state index contributed by atoms with van der Waals surface area (Å²) in [7, 11) is 0. The van der Waals surface area contributed by atoms with Crippen LogP contribution in [0.1, 0.15) is 63.9 Å². The van der Waals surface area contributed by atoms with E-state index in [1.54, 1.807) is 6.20 Å². The number of pyridine rings is 2. The number of piperidine rings is 2. The summed E-state index contributed by atoms with van der Waals surface area (Å²) in [6, 6.07) is 13.5.